The van der Waals surface area contributed by atoms with Gasteiger partial charge >= 0.3 is 0 Å². The maximum Gasteiger partial charge on any atom is 0.159 e. The molecule has 2 rings (SSSR count). The van der Waals surface area contributed by atoms with Gasteiger partial charge in [0, 0.05) is 7.11 Å². The number of nitrogens with zero attached hydrogens (tertiary/aromatic N) is 2. The van der Waals surface area contributed by atoms with E-state index in [1.165, 1.54) is 12.8 Å². The molecule has 1 saturated carbocycles. The lowest BCUT2D eigenvalue weighted by Gasteiger charge is -2.14. The average Bonchev–Trinajstić information content (AvgIpc) is 2.99. The molecule has 0 N–H and O–H groups in total. The highest BCUT2D eigenvalue weighted by Gasteiger charge is 2.34. The number of halogens is 2. The van der Waals surface area contributed by atoms with E-state index in [1.807, 2.05) is 6.92 Å². The molecule has 0 radical (unpaired) electrons. The second-order valence-electron chi connectivity index (χ2n) is 3.77. The lowest BCUT2D eigenvalue weighted by molar-refractivity contribution is 0.0770. The summed E-state index contributed by atoms with van der Waals surface area (Å²) >= 11 is 8.19. The first-order valence-corrected chi connectivity index (χ1v) is 6.31. The summed E-state index contributed by atoms with van der Waals surface area (Å²) in [6, 6.07) is 0. The third kappa shape index (κ3) is 2.42. The van der Waals surface area contributed by atoms with Crippen molar-refractivity contribution in [3.8, 4) is 0 Å². The number of rotatable bonds is 3. The summed E-state index contributed by atoms with van der Waals surface area (Å²) in [5.74, 6) is 1.30. The Balaban J connectivity index is 2.34. The van der Waals surface area contributed by atoms with Gasteiger partial charge in [0.2, 0.25) is 0 Å². The quantitative estimate of drug-likeness (QED) is 0.627. The Kier molecular flexibility index (Phi) is 3.47. The van der Waals surface area contributed by atoms with E-state index in [0.717, 1.165) is 15.1 Å². The summed E-state index contributed by atoms with van der Waals surface area (Å²) in [5.41, 5.74) is 0.924. The Morgan fingerprint density at radius 2 is 2.13 bits per heavy atom. The Morgan fingerprint density at radius 1 is 1.47 bits per heavy atom. The predicted octanol–water partition coefficient (Wildman–Crippen LogP) is 3.14. The van der Waals surface area contributed by atoms with Crippen molar-refractivity contribution in [1.82, 2.24) is 9.97 Å². The summed E-state index contributed by atoms with van der Waals surface area (Å²) in [6.07, 6.45) is 2.41. The average molecular weight is 339 g/mol. The molecule has 0 saturated heterocycles. The molecular formula is C10H12ClIN2O. The van der Waals surface area contributed by atoms with Crippen molar-refractivity contribution in [3.05, 3.63) is 20.2 Å². The number of hydrogen-bond acceptors (Lipinski definition) is 3. The molecule has 1 unspecified atom stereocenters. The van der Waals surface area contributed by atoms with Gasteiger partial charge in [-0.05, 0) is 48.3 Å². The minimum Gasteiger partial charge on any atom is -0.373 e. The van der Waals surface area contributed by atoms with E-state index in [1.54, 1.807) is 7.11 Å². The molecular weight excluding hydrogens is 326 g/mol. The standard InChI is InChI=1S/C10H12ClIN2O/c1-5-7(12)9(11)14-10(13-5)8(15-2)6-3-4-6/h6,8H,3-4H2,1-2H3. The largest absolute Gasteiger partial charge is 0.373 e. The molecule has 0 spiro atoms. The molecule has 0 bridgehead atoms. The van der Waals surface area contributed by atoms with Crippen LogP contribution in [0.2, 0.25) is 5.15 Å². The van der Waals surface area contributed by atoms with Crippen LogP contribution in [0.3, 0.4) is 0 Å². The molecule has 1 heterocycles. The highest BCUT2D eigenvalue weighted by molar-refractivity contribution is 14.1. The van der Waals surface area contributed by atoms with Crippen molar-refractivity contribution < 1.29 is 4.74 Å². The first kappa shape index (κ1) is 11.5. The number of ether oxygens (including phenoxy) is 1. The van der Waals surface area contributed by atoms with E-state index in [0.29, 0.717) is 11.1 Å². The van der Waals surface area contributed by atoms with Crippen molar-refractivity contribution >= 4 is 34.2 Å². The zero-order chi connectivity index (χ0) is 11.0. The summed E-state index contributed by atoms with van der Waals surface area (Å²) < 4.78 is 6.34. The Hall–Kier alpha value is 0.0600. The zero-order valence-corrected chi connectivity index (χ0v) is 11.5. The van der Waals surface area contributed by atoms with Gasteiger partial charge in [0.25, 0.3) is 0 Å². The number of methoxy groups -OCH3 is 1. The maximum atomic E-state index is 6.03. The second kappa shape index (κ2) is 4.51. The number of aryl methyl sites for hydroxylation is 1. The van der Waals surface area contributed by atoms with Gasteiger partial charge in [-0.25, -0.2) is 9.97 Å². The van der Waals surface area contributed by atoms with Crippen LogP contribution in [0.15, 0.2) is 0 Å². The van der Waals surface area contributed by atoms with Gasteiger partial charge in [0.1, 0.15) is 11.3 Å². The molecule has 1 aromatic rings. The van der Waals surface area contributed by atoms with Crippen LogP contribution in [0.5, 0.6) is 0 Å². The molecule has 1 aliphatic carbocycles. The first-order valence-electron chi connectivity index (χ1n) is 4.85. The monoisotopic (exact) mass is 338 g/mol. The van der Waals surface area contributed by atoms with E-state index < -0.39 is 0 Å². The van der Waals surface area contributed by atoms with Crippen LogP contribution in [0.25, 0.3) is 0 Å². The molecule has 0 aromatic carbocycles. The van der Waals surface area contributed by atoms with Crippen LogP contribution >= 0.6 is 34.2 Å². The summed E-state index contributed by atoms with van der Waals surface area (Å²) in [4.78, 5) is 8.73. The zero-order valence-electron chi connectivity index (χ0n) is 8.63. The molecule has 0 amide bonds. The lowest BCUT2D eigenvalue weighted by atomic mass is 10.2. The third-order valence-corrected chi connectivity index (χ3v) is 4.44. The van der Waals surface area contributed by atoms with Crippen LogP contribution in [-0.4, -0.2) is 17.1 Å². The van der Waals surface area contributed by atoms with Gasteiger partial charge in [-0.1, -0.05) is 11.6 Å². The fourth-order valence-corrected chi connectivity index (χ4v) is 2.04. The number of aromatic nitrogens is 2. The third-order valence-electron chi connectivity index (χ3n) is 2.55. The molecule has 3 nitrogen and oxygen atoms in total. The Morgan fingerprint density at radius 3 is 2.60 bits per heavy atom. The fraction of sp³-hybridized carbons (Fsp3) is 0.600. The minimum atomic E-state index is 0.0122. The van der Waals surface area contributed by atoms with Gasteiger partial charge in [-0.3, -0.25) is 0 Å². The number of hydrogen-bond donors (Lipinski definition) is 0. The van der Waals surface area contributed by atoms with Crippen molar-refractivity contribution in [1.29, 1.82) is 0 Å². The summed E-state index contributed by atoms with van der Waals surface area (Å²) in [7, 11) is 1.70. The Bertz CT molecular complexity index is 359. The van der Waals surface area contributed by atoms with Gasteiger partial charge < -0.3 is 4.74 Å². The van der Waals surface area contributed by atoms with Gasteiger partial charge in [0.05, 0.1) is 9.26 Å². The van der Waals surface area contributed by atoms with Crippen LogP contribution in [0.1, 0.15) is 30.5 Å². The van der Waals surface area contributed by atoms with Gasteiger partial charge in [-0.2, -0.15) is 0 Å². The SMILES string of the molecule is COC(c1nc(C)c(I)c(Cl)n1)C1CC1. The van der Waals surface area contributed by atoms with Crippen molar-refractivity contribution in [2.24, 2.45) is 5.92 Å². The smallest absolute Gasteiger partial charge is 0.159 e. The minimum absolute atomic E-state index is 0.0122. The van der Waals surface area contributed by atoms with Crippen molar-refractivity contribution in [2.75, 3.05) is 7.11 Å². The van der Waals surface area contributed by atoms with Crippen LogP contribution in [0.4, 0.5) is 0 Å². The Labute approximate surface area is 108 Å². The second-order valence-corrected chi connectivity index (χ2v) is 5.20. The van der Waals surface area contributed by atoms with E-state index in [2.05, 4.69) is 32.6 Å². The van der Waals surface area contributed by atoms with E-state index >= 15 is 0 Å². The highest BCUT2D eigenvalue weighted by atomic mass is 127. The van der Waals surface area contributed by atoms with E-state index in [9.17, 15) is 0 Å². The molecule has 15 heavy (non-hydrogen) atoms. The maximum absolute atomic E-state index is 6.03. The topological polar surface area (TPSA) is 35.0 Å². The molecule has 0 aliphatic heterocycles. The summed E-state index contributed by atoms with van der Waals surface area (Å²) in [6.45, 7) is 1.94. The van der Waals surface area contributed by atoms with E-state index in [-0.39, 0.29) is 6.10 Å². The van der Waals surface area contributed by atoms with Crippen LogP contribution in [-0.2, 0) is 4.74 Å². The van der Waals surface area contributed by atoms with Crippen LogP contribution in [0, 0.1) is 16.4 Å². The molecule has 1 fully saturated rings. The fourth-order valence-electron chi connectivity index (χ4n) is 1.58. The normalized spacial score (nSPS) is 17.9. The van der Waals surface area contributed by atoms with Gasteiger partial charge in [-0.15, -0.1) is 0 Å². The molecule has 5 heteroatoms. The van der Waals surface area contributed by atoms with E-state index in [4.69, 9.17) is 16.3 Å². The molecule has 1 aromatic heterocycles. The predicted molar refractivity (Wildman–Crippen MR) is 67.0 cm³/mol. The van der Waals surface area contributed by atoms with Crippen LogP contribution < -0.4 is 0 Å². The first-order chi connectivity index (χ1) is 7.13. The lowest BCUT2D eigenvalue weighted by Crippen LogP contribution is -2.10. The van der Waals surface area contributed by atoms with Gasteiger partial charge in [0.15, 0.2) is 5.82 Å². The molecule has 82 valence electrons. The molecule has 1 atom stereocenters. The van der Waals surface area contributed by atoms with Crippen molar-refractivity contribution in [2.45, 2.75) is 25.9 Å². The van der Waals surface area contributed by atoms with Crippen molar-refractivity contribution in [3.63, 3.8) is 0 Å². The summed E-state index contributed by atoms with van der Waals surface area (Å²) in [5, 5.41) is 0.529. The highest BCUT2D eigenvalue weighted by Crippen LogP contribution is 2.42. The molecule has 1 aliphatic rings.